The molecule has 1 aromatic carbocycles. The first-order valence-electron chi connectivity index (χ1n) is 18.2. The zero-order valence-electron chi connectivity index (χ0n) is 32.4. The fraction of sp³-hybridized carbons (Fsp3) is 0.264. The number of ether oxygens (including phenoxy) is 2. The standard InChI is InChI=1S/C53H40FNO3/c1-6-11-12-13-14-15-16-17-18-19-20-21-22-23-24-25-26-27-28-29-30-31-35-43-52(56)55-50(49(54)42-37-36-41-45-39-33-32-34-40-45)44-57-53-48(10-5)46(8-3)47(9-4)51(58-53)38-7-2/h7-10,32-34,39-40,46-51,53H,2-5,36-38,41-42,44H2,1H3,(H,55,56)/t46?,47-,48+,49-,50+,51?,53+/m1/s1. The summed E-state index contributed by atoms with van der Waals surface area (Å²) in [6, 6.07) is 9.01. The molecule has 1 heterocycles. The number of allylic oxidation sites excluding steroid dienone is 1. The van der Waals surface area contributed by atoms with E-state index in [2.05, 4.69) is 174 Å². The zero-order chi connectivity index (χ0) is 41.9. The molecule has 1 N–H and O–H groups in total. The van der Waals surface area contributed by atoms with Crippen LogP contribution < -0.4 is 5.32 Å². The van der Waals surface area contributed by atoms with Crippen molar-refractivity contribution >= 4 is 5.91 Å². The Morgan fingerprint density at radius 2 is 1.19 bits per heavy atom. The number of unbranched alkanes of at least 4 members (excludes halogenated alkanes) is 1. The molecule has 7 atom stereocenters. The third-order valence-electron chi connectivity index (χ3n) is 8.00. The van der Waals surface area contributed by atoms with Gasteiger partial charge < -0.3 is 14.8 Å². The maximum Gasteiger partial charge on any atom is 0.297 e. The summed E-state index contributed by atoms with van der Waals surface area (Å²) in [4.78, 5) is 12.8. The van der Waals surface area contributed by atoms with Crippen molar-refractivity contribution in [3.05, 3.63) is 86.5 Å². The average molecular weight is 758 g/mol. The maximum atomic E-state index is 15.8. The Kier molecular flexibility index (Phi) is 24.4. The van der Waals surface area contributed by atoms with E-state index in [-0.39, 0.29) is 36.9 Å². The minimum Gasteiger partial charge on any atom is -0.350 e. The summed E-state index contributed by atoms with van der Waals surface area (Å²) in [7, 11) is 0. The number of carbonyl (C=O) groups is 1. The molecule has 1 fully saturated rings. The van der Waals surface area contributed by atoms with E-state index in [1.807, 2.05) is 42.5 Å². The lowest BCUT2D eigenvalue weighted by atomic mass is 9.75. The molecule has 58 heavy (non-hydrogen) atoms. The van der Waals surface area contributed by atoms with Gasteiger partial charge >= 0.3 is 0 Å². The topological polar surface area (TPSA) is 47.6 Å². The van der Waals surface area contributed by atoms with Crippen molar-refractivity contribution < 1.29 is 18.7 Å². The van der Waals surface area contributed by atoms with E-state index >= 15 is 4.39 Å². The van der Waals surface area contributed by atoms with Crippen LogP contribution in [0.1, 0.15) is 38.2 Å². The number of halogens is 1. The Labute approximate surface area is 345 Å². The normalized spacial score (nSPS) is 17.0. The average Bonchev–Trinajstić information content (AvgIpc) is 3.24. The number of hydrogen-bond acceptors (Lipinski definition) is 3. The first-order chi connectivity index (χ1) is 28.5. The molecule has 2 rings (SSSR count). The Hall–Kier alpha value is -7.78. The van der Waals surface area contributed by atoms with Crippen molar-refractivity contribution in [2.45, 2.75) is 63.6 Å². The highest BCUT2D eigenvalue weighted by Gasteiger charge is 2.42. The lowest BCUT2D eigenvalue weighted by Gasteiger charge is -2.44. The lowest BCUT2D eigenvalue weighted by molar-refractivity contribution is -0.236. The van der Waals surface area contributed by atoms with E-state index in [1.54, 1.807) is 19.1 Å². The number of benzene rings is 1. The molecule has 0 bridgehead atoms. The molecular weight excluding hydrogens is 718 g/mol. The Bertz CT molecular complexity index is 2420. The van der Waals surface area contributed by atoms with Crippen LogP contribution in [-0.2, 0) is 20.7 Å². The summed E-state index contributed by atoms with van der Waals surface area (Å²) in [5, 5.41) is 2.66. The minimum atomic E-state index is -1.41. The number of carbonyl (C=O) groups excluding carboxylic acids is 1. The second-order valence-electron chi connectivity index (χ2n) is 11.8. The quantitative estimate of drug-likeness (QED) is 0.136. The molecule has 282 valence electrons. The van der Waals surface area contributed by atoms with Crippen LogP contribution in [0, 0.1) is 160 Å². The molecule has 0 saturated carbocycles. The maximum absolute atomic E-state index is 15.8. The monoisotopic (exact) mass is 757 g/mol. The Morgan fingerprint density at radius 3 is 1.66 bits per heavy atom. The molecule has 1 aromatic rings. The molecule has 1 aliphatic rings. The van der Waals surface area contributed by atoms with Crippen LogP contribution in [0.25, 0.3) is 0 Å². The van der Waals surface area contributed by atoms with Gasteiger partial charge in [-0.1, -0.05) is 67.0 Å². The first-order valence-corrected chi connectivity index (χ1v) is 18.2. The highest BCUT2D eigenvalue weighted by atomic mass is 19.1. The van der Waals surface area contributed by atoms with Crippen molar-refractivity contribution in [1.82, 2.24) is 5.32 Å². The van der Waals surface area contributed by atoms with Crippen LogP contribution in [0.5, 0.6) is 0 Å². The largest absolute Gasteiger partial charge is 0.350 e. The first kappa shape index (κ1) is 46.4. The van der Waals surface area contributed by atoms with Crippen LogP contribution in [0.3, 0.4) is 0 Å². The van der Waals surface area contributed by atoms with Crippen molar-refractivity contribution in [2.75, 3.05) is 6.61 Å². The molecule has 0 radical (unpaired) electrons. The van der Waals surface area contributed by atoms with Crippen LogP contribution in [0.15, 0.2) is 81.0 Å². The van der Waals surface area contributed by atoms with E-state index < -0.39 is 24.4 Å². The van der Waals surface area contributed by atoms with E-state index in [1.165, 1.54) is 5.56 Å². The number of amides is 1. The molecule has 5 heteroatoms. The van der Waals surface area contributed by atoms with Crippen molar-refractivity contribution in [2.24, 2.45) is 17.8 Å². The molecule has 2 unspecified atom stereocenters. The fourth-order valence-corrected chi connectivity index (χ4v) is 5.39. The number of hydrogen-bond donors (Lipinski definition) is 1. The zero-order valence-corrected chi connectivity index (χ0v) is 32.4. The second-order valence-corrected chi connectivity index (χ2v) is 11.8. The Morgan fingerprint density at radius 1 is 0.707 bits per heavy atom. The molecule has 1 saturated heterocycles. The highest BCUT2D eigenvalue weighted by Crippen LogP contribution is 2.39. The van der Waals surface area contributed by atoms with Crippen LogP contribution in [0.4, 0.5) is 4.39 Å². The summed E-state index contributed by atoms with van der Waals surface area (Å²) < 4.78 is 28.3. The Balaban J connectivity index is 2.01. The van der Waals surface area contributed by atoms with Gasteiger partial charge in [0.1, 0.15) is 6.17 Å². The van der Waals surface area contributed by atoms with Gasteiger partial charge in [0.05, 0.1) is 18.8 Å². The summed E-state index contributed by atoms with van der Waals surface area (Å²) in [5.74, 6) is 59.1. The van der Waals surface area contributed by atoms with Gasteiger partial charge in [0.15, 0.2) is 6.29 Å². The van der Waals surface area contributed by atoms with Crippen LogP contribution >= 0.6 is 0 Å². The predicted octanol–water partition coefficient (Wildman–Crippen LogP) is 6.01. The van der Waals surface area contributed by atoms with Gasteiger partial charge in [0.2, 0.25) is 0 Å². The summed E-state index contributed by atoms with van der Waals surface area (Å²) in [5.41, 5.74) is 1.18. The fourth-order valence-electron chi connectivity index (χ4n) is 5.39. The minimum absolute atomic E-state index is 0.0373. The molecular formula is C53H40FNO3. The summed E-state index contributed by atoms with van der Waals surface area (Å²) in [6.45, 7) is 17.4. The number of rotatable bonds is 15. The molecule has 1 aliphatic heterocycles. The van der Waals surface area contributed by atoms with Crippen LogP contribution in [0.2, 0.25) is 0 Å². The smallest absolute Gasteiger partial charge is 0.297 e. The third kappa shape index (κ3) is 19.5. The van der Waals surface area contributed by atoms with Crippen molar-refractivity contribution in [3.63, 3.8) is 0 Å². The molecule has 0 spiro atoms. The summed E-state index contributed by atoms with van der Waals surface area (Å²) >= 11 is 0. The summed E-state index contributed by atoms with van der Waals surface area (Å²) in [6.07, 6.45) is 7.79. The van der Waals surface area contributed by atoms with E-state index in [0.717, 1.165) is 12.8 Å². The van der Waals surface area contributed by atoms with Gasteiger partial charge in [0.25, 0.3) is 5.91 Å². The SMILES string of the molecule is C=CCC1O[C@H](OC[C@H](NC(=O)C#CC#CC#CC#CC#CC#CC#CC#CC#CC#CC#CC#CC)[C@H](F)CCCCc2ccccc2)[C@@H](C=C)C(C=C)[C@H]1C=C. The van der Waals surface area contributed by atoms with E-state index in [0.29, 0.717) is 12.8 Å². The lowest BCUT2D eigenvalue weighted by Crippen LogP contribution is -2.50. The number of nitrogens with one attached hydrogen (secondary N) is 1. The molecule has 4 nitrogen and oxygen atoms in total. The number of alkyl halides is 1. The van der Waals surface area contributed by atoms with Crippen molar-refractivity contribution in [1.29, 1.82) is 0 Å². The van der Waals surface area contributed by atoms with Crippen molar-refractivity contribution in [3.8, 4) is 142 Å². The predicted molar refractivity (Wildman–Crippen MR) is 230 cm³/mol. The molecule has 1 amide bonds. The van der Waals surface area contributed by atoms with Gasteiger partial charge in [0, 0.05) is 53.3 Å². The highest BCUT2D eigenvalue weighted by molar-refractivity contribution is 5.94. The van der Waals surface area contributed by atoms with Gasteiger partial charge in [-0.3, -0.25) is 4.79 Å². The second kappa shape index (κ2) is 30.5. The third-order valence-corrected chi connectivity index (χ3v) is 8.00. The van der Waals surface area contributed by atoms with E-state index in [4.69, 9.17) is 9.47 Å². The molecule has 0 aromatic heterocycles. The van der Waals surface area contributed by atoms with Crippen LogP contribution in [-0.4, -0.2) is 37.1 Å². The molecule has 0 aliphatic carbocycles. The van der Waals surface area contributed by atoms with Gasteiger partial charge in [-0.05, 0) is 139 Å². The van der Waals surface area contributed by atoms with Gasteiger partial charge in [-0.15, -0.1) is 26.3 Å². The van der Waals surface area contributed by atoms with Gasteiger partial charge in [-0.2, -0.15) is 0 Å². The number of aryl methyl sites for hydroxylation is 1. The van der Waals surface area contributed by atoms with Gasteiger partial charge in [-0.25, -0.2) is 4.39 Å². The van der Waals surface area contributed by atoms with E-state index in [9.17, 15) is 4.79 Å².